The standard InChI is InChI=1S/C26H26F3NO5S/c1-2-33-25(32)18-9-12-30(13-10-18)24(31)8-4-17-3-7-23(21(15-17)26(27,28)29)36-20-5-6-22-19(16-20)11-14-34-35-22/h3-8,15-16,18H,2,9-14H2,1H3. The molecule has 0 N–H and O–H groups in total. The highest BCUT2D eigenvalue weighted by Crippen LogP contribution is 2.41. The normalized spacial score (nSPS) is 16.5. The van der Waals surface area contributed by atoms with Crippen LogP contribution in [0, 0.1) is 5.92 Å². The van der Waals surface area contributed by atoms with Crippen LogP contribution < -0.4 is 4.89 Å². The molecule has 2 aliphatic rings. The Morgan fingerprint density at radius 2 is 1.94 bits per heavy atom. The smallest absolute Gasteiger partial charge is 0.417 e. The number of piperidine rings is 1. The molecule has 0 spiro atoms. The van der Waals surface area contributed by atoms with Crippen LogP contribution in [0.2, 0.25) is 0 Å². The lowest BCUT2D eigenvalue weighted by Gasteiger charge is -2.30. The number of hydrogen-bond donors (Lipinski definition) is 0. The number of ether oxygens (including phenoxy) is 1. The molecule has 0 saturated carbocycles. The molecule has 2 aromatic carbocycles. The summed E-state index contributed by atoms with van der Waals surface area (Å²) in [5.41, 5.74) is 0.385. The van der Waals surface area contributed by atoms with E-state index in [2.05, 4.69) is 0 Å². The number of alkyl halides is 3. The van der Waals surface area contributed by atoms with Gasteiger partial charge in [-0.2, -0.15) is 18.1 Å². The number of amides is 1. The first-order valence-electron chi connectivity index (χ1n) is 11.7. The second-order valence-electron chi connectivity index (χ2n) is 8.47. The molecular weight excluding hydrogens is 495 g/mol. The SMILES string of the molecule is CCOC(=O)C1CCN(C(=O)C=Cc2ccc(Sc3ccc4c(c3)CCOO4)c(C(F)(F)F)c2)CC1. The summed E-state index contributed by atoms with van der Waals surface area (Å²) in [5.74, 6) is -0.217. The number of esters is 1. The van der Waals surface area contributed by atoms with Crippen molar-refractivity contribution in [2.24, 2.45) is 5.92 Å². The Bertz CT molecular complexity index is 1140. The van der Waals surface area contributed by atoms with Crippen molar-refractivity contribution in [1.29, 1.82) is 0 Å². The fourth-order valence-corrected chi connectivity index (χ4v) is 5.12. The molecule has 0 unspecified atom stereocenters. The third-order valence-corrected chi connectivity index (χ3v) is 7.08. The van der Waals surface area contributed by atoms with Gasteiger partial charge in [0, 0.05) is 40.9 Å². The molecule has 1 saturated heterocycles. The highest BCUT2D eigenvalue weighted by Gasteiger charge is 2.34. The molecule has 192 valence electrons. The van der Waals surface area contributed by atoms with Crippen LogP contribution in [0.3, 0.4) is 0 Å². The molecule has 0 atom stereocenters. The zero-order valence-electron chi connectivity index (χ0n) is 19.7. The number of carbonyl (C=O) groups is 2. The van der Waals surface area contributed by atoms with Gasteiger partial charge < -0.3 is 14.5 Å². The van der Waals surface area contributed by atoms with Crippen LogP contribution in [0.1, 0.15) is 36.5 Å². The minimum absolute atomic E-state index is 0.0694. The fourth-order valence-electron chi connectivity index (χ4n) is 4.11. The fraction of sp³-hybridized carbons (Fsp3) is 0.385. The molecule has 4 rings (SSSR count). The van der Waals surface area contributed by atoms with Gasteiger partial charge in [0.15, 0.2) is 5.75 Å². The van der Waals surface area contributed by atoms with Crippen LogP contribution in [-0.4, -0.2) is 43.1 Å². The van der Waals surface area contributed by atoms with Crippen molar-refractivity contribution < 1.29 is 37.3 Å². The molecule has 2 aromatic rings. The van der Waals surface area contributed by atoms with E-state index in [-0.39, 0.29) is 28.3 Å². The van der Waals surface area contributed by atoms with Gasteiger partial charge in [0.05, 0.1) is 24.7 Å². The molecule has 2 aliphatic heterocycles. The second-order valence-corrected chi connectivity index (χ2v) is 9.58. The van der Waals surface area contributed by atoms with Crippen LogP contribution in [0.15, 0.2) is 52.3 Å². The highest BCUT2D eigenvalue weighted by molar-refractivity contribution is 7.99. The van der Waals surface area contributed by atoms with E-state index >= 15 is 0 Å². The maximum absolute atomic E-state index is 13.9. The van der Waals surface area contributed by atoms with Crippen molar-refractivity contribution in [1.82, 2.24) is 4.90 Å². The topological polar surface area (TPSA) is 65.1 Å². The van der Waals surface area contributed by atoms with E-state index in [1.54, 1.807) is 36.1 Å². The van der Waals surface area contributed by atoms with Crippen LogP contribution >= 0.6 is 11.8 Å². The Morgan fingerprint density at radius 3 is 2.67 bits per heavy atom. The number of hydrogen-bond acceptors (Lipinski definition) is 6. The van der Waals surface area contributed by atoms with Gasteiger partial charge in [-0.25, -0.2) is 0 Å². The Hall–Kier alpha value is -2.98. The number of nitrogens with zero attached hydrogens (tertiary/aromatic N) is 1. The Kier molecular flexibility index (Phi) is 8.25. The van der Waals surface area contributed by atoms with Crippen LogP contribution in [-0.2, 0) is 31.8 Å². The summed E-state index contributed by atoms with van der Waals surface area (Å²) < 4.78 is 46.6. The third-order valence-electron chi connectivity index (χ3n) is 6.02. The largest absolute Gasteiger partial charge is 0.466 e. The summed E-state index contributed by atoms with van der Waals surface area (Å²) in [5, 5.41) is 0. The zero-order chi connectivity index (χ0) is 25.7. The van der Waals surface area contributed by atoms with E-state index in [0.29, 0.717) is 56.2 Å². The van der Waals surface area contributed by atoms with Crippen molar-refractivity contribution >= 4 is 29.7 Å². The number of carbonyl (C=O) groups excluding carboxylic acids is 2. The summed E-state index contributed by atoms with van der Waals surface area (Å²) in [6.45, 7) is 3.24. The molecule has 1 amide bonds. The first kappa shape index (κ1) is 26.1. The number of fused-ring (bicyclic) bond motifs is 1. The first-order valence-corrected chi connectivity index (χ1v) is 12.5. The molecule has 0 aromatic heterocycles. The van der Waals surface area contributed by atoms with E-state index in [9.17, 15) is 22.8 Å². The molecule has 0 bridgehead atoms. The van der Waals surface area contributed by atoms with Crippen molar-refractivity contribution in [3.63, 3.8) is 0 Å². The van der Waals surface area contributed by atoms with Gasteiger partial charge in [0.1, 0.15) is 0 Å². The minimum Gasteiger partial charge on any atom is -0.466 e. The Balaban J connectivity index is 1.44. The average Bonchev–Trinajstić information content (AvgIpc) is 2.87. The number of benzene rings is 2. The molecule has 0 radical (unpaired) electrons. The molecule has 6 nitrogen and oxygen atoms in total. The minimum atomic E-state index is -4.56. The third kappa shape index (κ3) is 6.41. The van der Waals surface area contributed by atoms with Crippen molar-refractivity contribution in [3.05, 3.63) is 59.2 Å². The van der Waals surface area contributed by atoms with Gasteiger partial charge in [-0.3, -0.25) is 9.59 Å². The maximum atomic E-state index is 13.9. The van der Waals surface area contributed by atoms with E-state index < -0.39 is 11.7 Å². The monoisotopic (exact) mass is 521 g/mol. The summed E-state index contributed by atoms with van der Waals surface area (Å²) in [6.07, 6.45) is -0.266. The Labute approximate surface area is 211 Å². The van der Waals surface area contributed by atoms with E-state index in [4.69, 9.17) is 14.5 Å². The number of rotatable bonds is 6. The van der Waals surface area contributed by atoms with Crippen molar-refractivity contribution in [2.75, 3.05) is 26.3 Å². The summed E-state index contributed by atoms with van der Waals surface area (Å²) in [6, 6.07) is 9.21. The lowest BCUT2D eigenvalue weighted by Crippen LogP contribution is -2.39. The van der Waals surface area contributed by atoms with Gasteiger partial charge in [-0.1, -0.05) is 17.8 Å². The zero-order valence-corrected chi connectivity index (χ0v) is 20.5. The summed E-state index contributed by atoms with van der Waals surface area (Å²) in [7, 11) is 0. The molecule has 10 heteroatoms. The average molecular weight is 522 g/mol. The van der Waals surface area contributed by atoms with Crippen LogP contribution in [0.4, 0.5) is 13.2 Å². The lowest BCUT2D eigenvalue weighted by molar-refractivity contribution is -0.215. The van der Waals surface area contributed by atoms with Gasteiger partial charge in [0.25, 0.3) is 0 Å². The highest BCUT2D eigenvalue weighted by atomic mass is 32.2. The molecule has 1 fully saturated rings. The molecule has 36 heavy (non-hydrogen) atoms. The quantitative estimate of drug-likeness (QED) is 0.283. The van der Waals surface area contributed by atoms with Gasteiger partial charge in [-0.15, -0.1) is 0 Å². The summed E-state index contributed by atoms with van der Waals surface area (Å²) >= 11 is 1.02. The van der Waals surface area contributed by atoms with Crippen LogP contribution in [0.5, 0.6) is 5.75 Å². The molecular formula is C26H26F3NO5S. The number of likely N-dealkylation sites (tertiary alicyclic amines) is 1. The second kappa shape index (κ2) is 11.4. The predicted octanol–water partition coefficient (Wildman–Crippen LogP) is 5.54. The lowest BCUT2D eigenvalue weighted by atomic mass is 9.97. The molecule has 2 heterocycles. The summed E-state index contributed by atoms with van der Waals surface area (Å²) in [4.78, 5) is 36.8. The maximum Gasteiger partial charge on any atom is 0.417 e. The Morgan fingerprint density at radius 1 is 1.17 bits per heavy atom. The van der Waals surface area contributed by atoms with Gasteiger partial charge in [0.2, 0.25) is 5.91 Å². The number of halogens is 3. The van der Waals surface area contributed by atoms with E-state index in [1.807, 2.05) is 0 Å². The van der Waals surface area contributed by atoms with Crippen molar-refractivity contribution in [2.45, 2.75) is 42.2 Å². The van der Waals surface area contributed by atoms with Gasteiger partial charge in [-0.05, 0) is 61.7 Å². The molecule has 0 aliphatic carbocycles. The predicted molar refractivity (Wildman–Crippen MR) is 127 cm³/mol. The first-order chi connectivity index (χ1) is 17.2. The van der Waals surface area contributed by atoms with Gasteiger partial charge >= 0.3 is 12.1 Å². The van der Waals surface area contributed by atoms with E-state index in [1.165, 1.54) is 18.2 Å². The van der Waals surface area contributed by atoms with Crippen LogP contribution in [0.25, 0.3) is 6.08 Å². The van der Waals surface area contributed by atoms with Crippen molar-refractivity contribution in [3.8, 4) is 5.75 Å². The van der Waals surface area contributed by atoms with E-state index in [0.717, 1.165) is 23.4 Å².